The first-order chi connectivity index (χ1) is 13.2. The van der Waals surface area contributed by atoms with Gasteiger partial charge in [0, 0.05) is 5.56 Å². The van der Waals surface area contributed by atoms with Crippen molar-refractivity contribution in [3.63, 3.8) is 0 Å². The van der Waals surface area contributed by atoms with Crippen LogP contribution in [0.25, 0.3) is 0 Å². The lowest BCUT2D eigenvalue weighted by Crippen LogP contribution is -2.31. The number of hydrogen-bond acceptors (Lipinski definition) is 5. The molecule has 28 heavy (non-hydrogen) atoms. The van der Waals surface area contributed by atoms with Gasteiger partial charge >= 0.3 is 12.3 Å². The minimum atomic E-state index is -4.82. The van der Waals surface area contributed by atoms with E-state index in [1.54, 1.807) is 31.2 Å². The molecule has 0 saturated heterocycles. The molecule has 0 fully saturated rings. The summed E-state index contributed by atoms with van der Waals surface area (Å²) in [4.78, 5) is 23.9. The molecule has 9 heteroatoms. The first-order valence-electron chi connectivity index (χ1n) is 8.15. The Hall–Kier alpha value is -3.23. The molecule has 0 aliphatic heterocycles. The fraction of sp³-hybridized carbons (Fsp3) is 0.263. The highest BCUT2D eigenvalue weighted by atomic mass is 19.4. The molecule has 1 N–H and O–H groups in total. The smallest absolute Gasteiger partial charge is 0.496 e. The number of ether oxygens (including phenoxy) is 3. The summed E-state index contributed by atoms with van der Waals surface area (Å²) in [6.07, 6.45) is -4.82. The molecule has 0 heterocycles. The molecule has 0 spiro atoms. The summed E-state index contributed by atoms with van der Waals surface area (Å²) in [5, 5.41) is 2.67. The molecule has 0 aliphatic carbocycles. The van der Waals surface area contributed by atoms with Gasteiger partial charge in [-0.3, -0.25) is 4.79 Å². The lowest BCUT2D eigenvalue weighted by molar-refractivity contribution is -0.274. The topological polar surface area (TPSA) is 73.9 Å². The van der Waals surface area contributed by atoms with Gasteiger partial charge in [-0.05, 0) is 37.3 Å². The summed E-state index contributed by atoms with van der Waals surface area (Å²) in [6.45, 7) is 1.20. The molecule has 150 valence electrons. The Morgan fingerprint density at radius 2 is 1.71 bits per heavy atom. The van der Waals surface area contributed by atoms with E-state index in [1.807, 2.05) is 0 Å². The first kappa shape index (κ1) is 21.1. The van der Waals surface area contributed by atoms with Crippen LogP contribution in [0.3, 0.4) is 0 Å². The van der Waals surface area contributed by atoms with E-state index < -0.39 is 30.6 Å². The van der Waals surface area contributed by atoms with E-state index in [9.17, 15) is 22.8 Å². The summed E-state index contributed by atoms with van der Waals surface area (Å²) in [7, 11) is 1.51. The summed E-state index contributed by atoms with van der Waals surface area (Å²) in [5.74, 6) is -1.25. The van der Waals surface area contributed by atoms with E-state index in [2.05, 4.69) is 10.1 Å². The van der Waals surface area contributed by atoms with Crippen molar-refractivity contribution in [3.8, 4) is 11.5 Å². The fourth-order valence-corrected chi connectivity index (χ4v) is 2.39. The summed E-state index contributed by atoms with van der Waals surface area (Å²) < 4.78 is 50.2. The van der Waals surface area contributed by atoms with Crippen molar-refractivity contribution < 1.29 is 37.0 Å². The number of nitrogens with one attached hydrogen (secondary N) is 1. The highest BCUT2D eigenvalue weighted by Gasteiger charge is 2.31. The normalized spacial score (nSPS) is 12.0. The highest BCUT2D eigenvalue weighted by molar-refractivity contribution is 5.91. The second-order valence-corrected chi connectivity index (χ2v) is 5.68. The van der Waals surface area contributed by atoms with Crippen LogP contribution in [0, 0.1) is 0 Å². The van der Waals surface area contributed by atoms with Crippen LogP contribution in [-0.2, 0) is 9.53 Å². The van der Waals surface area contributed by atoms with Gasteiger partial charge in [-0.15, -0.1) is 13.2 Å². The molecule has 2 aromatic carbocycles. The predicted molar refractivity (Wildman–Crippen MR) is 93.0 cm³/mol. The minimum Gasteiger partial charge on any atom is -0.496 e. The molecule has 6 nitrogen and oxygen atoms in total. The molecule has 0 saturated carbocycles. The van der Waals surface area contributed by atoms with Crippen molar-refractivity contribution in [2.24, 2.45) is 0 Å². The van der Waals surface area contributed by atoms with Gasteiger partial charge in [-0.25, -0.2) is 4.79 Å². The Labute approximate surface area is 159 Å². The number of carbonyl (C=O) groups is 2. The van der Waals surface area contributed by atoms with Gasteiger partial charge in [0.1, 0.15) is 11.5 Å². The van der Waals surface area contributed by atoms with Crippen molar-refractivity contribution in [1.29, 1.82) is 0 Å². The number of para-hydroxylation sites is 1. The van der Waals surface area contributed by atoms with Gasteiger partial charge in [-0.2, -0.15) is 0 Å². The second kappa shape index (κ2) is 9.12. The zero-order valence-corrected chi connectivity index (χ0v) is 15.1. The number of carbonyl (C=O) groups excluding carboxylic acids is 2. The SMILES string of the molecule is COc1ccccc1C(C)NC(=O)COC(=O)c1ccc(OC(F)(F)F)cc1. The average molecular weight is 397 g/mol. The third-order valence-corrected chi connectivity index (χ3v) is 3.64. The van der Waals surface area contributed by atoms with E-state index in [0.717, 1.165) is 29.8 Å². The summed E-state index contributed by atoms with van der Waals surface area (Å²) in [5.41, 5.74) is 0.741. The molecular weight excluding hydrogens is 379 g/mol. The lowest BCUT2D eigenvalue weighted by Gasteiger charge is -2.17. The van der Waals surface area contributed by atoms with Gasteiger partial charge in [0.05, 0.1) is 18.7 Å². The van der Waals surface area contributed by atoms with Crippen molar-refractivity contribution >= 4 is 11.9 Å². The maximum absolute atomic E-state index is 12.1. The second-order valence-electron chi connectivity index (χ2n) is 5.68. The zero-order chi connectivity index (χ0) is 20.7. The maximum Gasteiger partial charge on any atom is 0.573 e. The molecule has 2 aromatic rings. The van der Waals surface area contributed by atoms with Crippen LogP contribution in [0.4, 0.5) is 13.2 Å². The Kier molecular flexibility index (Phi) is 6.86. The fourth-order valence-electron chi connectivity index (χ4n) is 2.39. The lowest BCUT2D eigenvalue weighted by atomic mass is 10.1. The number of amides is 1. The number of methoxy groups -OCH3 is 1. The molecule has 1 atom stereocenters. The molecule has 0 radical (unpaired) electrons. The zero-order valence-electron chi connectivity index (χ0n) is 15.1. The Bertz CT molecular complexity index is 821. The molecule has 1 amide bonds. The van der Waals surface area contributed by atoms with Gasteiger partial charge in [0.25, 0.3) is 5.91 Å². The number of esters is 1. The van der Waals surface area contributed by atoms with Gasteiger partial charge < -0.3 is 19.5 Å². The Morgan fingerprint density at radius 3 is 2.32 bits per heavy atom. The number of halogens is 3. The summed E-state index contributed by atoms with van der Waals surface area (Å²) >= 11 is 0. The van der Waals surface area contributed by atoms with Crippen molar-refractivity contribution in [2.45, 2.75) is 19.3 Å². The highest BCUT2D eigenvalue weighted by Crippen LogP contribution is 2.24. The third-order valence-electron chi connectivity index (χ3n) is 3.64. The molecule has 1 unspecified atom stereocenters. The largest absolute Gasteiger partial charge is 0.573 e. The Morgan fingerprint density at radius 1 is 1.07 bits per heavy atom. The van der Waals surface area contributed by atoms with E-state index in [4.69, 9.17) is 9.47 Å². The van der Waals surface area contributed by atoms with Crippen molar-refractivity contribution in [1.82, 2.24) is 5.32 Å². The first-order valence-corrected chi connectivity index (χ1v) is 8.15. The molecule has 0 bridgehead atoms. The van der Waals surface area contributed by atoms with E-state index in [-0.39, 0.29) is 11.6 Å². The van der Waals surface area contributed by atoms with E-state index in [0.29, 0.717) is 5.75 Å². The van der Waals surface area contributed by atoms with Gasteiger partial charge in [-0.1, -0.05) is 18.2 Å². The number of hydrogen-bond donors (Lipinski definition) is 1. The maximum atomic E-state index is 12.1. The number of rotatable bonds is 7. The van der Waals surface area contributed by atoms with Crippen LogP contribution < -0.4 is 14.8 Å². The van der Waals surface area contributed by atoms with Crippen molar-refractivity contribution in [3.05, 3.63) is 59.7 Å². The number of alkyl halides is 3. The van der Waals surface area contributed by atoms with Crippen LogP contribution in [0.1, 0.15) is 28.9 Å². The van der Waals surface area contributed by atoms with Gasteiger partial charge in [0.15, 0.2) is 6.61 Å². The standard InChI is InChI=1S/C19H18F3NO5/c1-12(15-5-3-4-6-16(15)26-2)23-17(24)11-27-18(25)13-7-9-14(10-8-13)28-19(20,21)22/h3-10,12H,11H2,1-2H3,(H,23,24). The summed E-state index contributed by atoms with van der Waals surface area (Å²) in [6, 6.07) is 10.9. The van der Waals surface area contributed by atoms with Crippen LogP contribution >= 0.6 is 0 Å². The Balaban J connectivity index is 1.87. The number of benzene rings is 2. The van der Waals surface area contributed by atoms with E-state index >= 15 is 0 Å². The van der Waals surface area contributed by atoms with Crippen molar-refractivity contribution in [2.75, 3.05) is 13.7 Å². The average Bonchev–Trinajstić information content (AvgIpc) is 2.65. The van der Waals surface area contributed by atoms with Crippen LogP contribution in [0.5, 0.6) is 11.5 Å². The third kappa shape index (κ3) is 6.19. The molecular formula is C19H18F3NO5. The van der Waals surface area contributed by atoms with Crippen LogP contribution in [0.2, 0.25) is 0 Å². The molecule has 0 aliphatic rings. The predicted octanol–water partition coefficient (Wildman–Crippen LogP) is 3.63. The monoisotopic (exact) mass is 397 g/mol. The van der Waals surface area contributed by atoms with E-state index in [1.165, 1.54) is 7.11 Å². The molecule has 0 aromatic heterocycles. The quantitative estimate of drug-likeness (QED) is 0.723. The van der Waals surface area contributed by atoms with Crippen LogP contribution in [0.15, 0.2) is 48.5 Å². The van der Waals surface area contributed by atoms with Gasteiger partial charge in [0.2, 0.25) is 0 Å². The minimum absolute atomic E-state index is 0.0138. The molecule has 2 rings (SSSR count). The van der Waals surface area contributed by atoms with Crippen LogP contribution in [-0.4, -0.2) is 32.0 Å².